The van der Waals surface area contributed by atoms with Crippen LogP contribution in [0.15, 0.2) is 48.5 Å². The number of benzene rings is 2. The van der Waals surface area contributed by atoms with Gasteiger partial charge in [-0.15, -0.1) is 0 Å². The molecule has 1 aliphatic heterocycles. The maximum Gasteiger partial charge on any atom is 0.227 e. The van der Waals surface area contributed by atoms with Crippen LogP contribution in [-0.4, -0.2) is 23.3 Å². The molecule has 27 heavy (non-hydrogen) atoms. The predicted octanol–water partition coefficient (Wildman–Crippen LogP) is 3.12. The van der Waals surface area contributed by atoms with Crippen LogP contribution >= 0.6 is 0 Å². The molecule has 0 aliphatic carbocycles. The molecule has 2 aromatic carbocycles. The molecule has 1 fully saturated rings. The van der Waals surface area contributed by atoms with E-state index in [0.717, 1.165) is 28.7 Å². The third-order valence-electron chi connectivity index (χ3n) is 4.74. The highest BCUT2D eigenvalue weighted by Crippen LogP contribution is 2.28. The van der Waals surface area contributed by atoms with Crippen LogP contribution in [-0.2, 0) is 16.1 Å². The van der Waals surface area contributed by atoms with Crippen molar-refractivity contribution >= 4 is 28.4 Å². The Morgan fingerprint density at radius 1 is 1.19 bits per heavy atom. The van der Waals surface area contributed by atoms with Gasteiger partial charge in [-0.1, -0.05) is 18.2 Å². The average molecular weight is 369 g/mol. The van der Waals surface area contributed by atoms with Crippen LogP contribution in [0.1, 0.15) is 12.1 Å². The second-order valence-corrected chi connectivity index (χ2v) is 6.60. The van der Waals surface area contributed by atoms with E-state index in [1.165, 1.54) is 11.0 Å². The minimum atomic E-state index is -0.817. The van der Waals surface area contributed by atoms with Crippen molar-refractivity contribution in [3.05, 3.63) is 65.9 Å². The normalized spacial score (nSPS) is 16.9. The summed E-state index contributed by atoms with van der Waals surface area (Å²) in [4.78, 5) is 29.1. The molecule has 2 heterocycles. The van der Waals surface area contributed by atoms with Gasteiger partial charge in [-0.05, 0) is 29.7 Å². The van der Waals surface area contributed by atoms with Gasteiger partial charge in [-0.25, -0.2) is 8.78 Å². The largest absolute Gasteiger partial charge is 0.357 e. The maximum atomic E-state index is 13.9. The van der Waals surface area contributed by atoms with Crippen LogP contribution in [0.5, 0.6) is 0 Å². The Hall–Kier alpha value is -3.22. The van der Waals surface area contributed by atoms with Gasteiger partial charge >= 0.3 is 0 Å². The number of rotatable bonds is 4. The zero-order chi connectivity index (χ0) is 19.0. The van der Waals surface area contributed by atoms with Crippen LogP contribution < -0.4 is 10.2 Å². The van der Waals surface area contributed by atoms with Gasteiger partial charge < -0.3 is 15.2 Å². The molecular formula is C20H17F2N3O2. The van der Waals surface area contributed by atoms with E-state index >= 15 is 0 Å². The minimum absolute atomic E-state index is 0.00461. The van der Waals surface area contributed by atoms with E-state index in [-0.39, 0.29) is 30.5 Å². The standard InChI is InChI=1S/C20H17F2N3O2/c21-14-5-6-18(16(22)9-14)25-11-13(8-19(25)26)20(27)23-10-15-7-12-3-1-2-4-17(12)24-15/h1-7,9,13,24H,8,10-11H2,(H,23,27)/t13-/m0/s1. The second kappa shape index (κ2) is 6.83. The highest BCUT2D eigenvalue weighted by Gasteiger charge is 2.36. The van der Waals surface area contributed by atoms with Gasteiger partial charge in [0.2, 0.25) is 11.8 Å². The third kappa shape index (κ3) is 3.40. The molecule has 5 nitrogen and oxygen atoms in total. The van der Waals surface area contributed by atoms with E-state index in [2.05, 4.69) is 10.3 Å². The zero-order valence-corrected chi connectivity index (χ0v) is 14.3. The molecule has 2 N–H and O–H groups in total. The van der Waals surface area contributed by atoms with Gasteiger partial charge in [0.25, 0.3) is 0 Å². The summed E-state index contributed by atoms with van der Waals surface area (Å²) in [7, 11) is 0. The Bertz CT molecular complexity index is 998. The first-order valence-electron chi connectivity index (χ1n) is 8.61. The van der Waals surface area contributed by atoms with Crippen molar-refractivity contribution in [2.45, 2.75) is 13.0 Å². The maximum absolute atomic E-state index is 13.9. The van der Waals surface area contributed by atoms with E-state index in [1.807, 2.05) is 30.3 Å². The smallest absolute Gasteiger partial charge is 0.227 e. The molecule has 0 radical (unpaired) electrons. The highest BCUT2D eigenvalue weighted by molar-refractivity contribution is 6.00. The first-order chi connectivity index (χ1) is 13.0. The van der Waals surface area contributed by atoms with Gasteiger partial charge in [0.05, 0.1) is 18.2 Å². The Morgan fingerprint density at radius 2 is 2.00 bits per heavy atom. The number of carbonyl (C=O) groups is 2. The summed E-state index contributed by atoms with van der Waals surface area (Å²) in [5.41, 5.74) is 1.83. The van der Waals surface area contributed by atoms with E-state index in [9.17, 15) is 18.4 Å². The molecule has 0 bridgehead atoms. The molecule has 2 amide bonds. The van der Waals surface area contributed by atoms with Crippen LogP contribution in [0, 0.1) is 17.6 Å². The van der Waals surface area contributed by atoms with Gasteiger partial charge in [0.1, 0.15) is 11.6 Å². The summed E-state index contributed by atoms with van der Waals surface area (Å²) in [5.74, 6) is -2.73. The molecule has 1 aromatic heterocycles. The predicted molar refractivity (Wildman–Crippen MR) is 97.0 cm³/mol. The van der Waals surface area contributed by atoms with Crippen LogP contribution in [0.25, 0.3) is 10.9 Å². The first kappa shape index (κ1) is 17.2. The molecule has 3 aromatic rings. The molecule has 1 saturated heterocycles. The van der Waals surface area contributed by atoms with E-state index in [4.69, 9.17) is 0 Å². The summed E-state index contributed by atoms with van der Waals surface area (Å²) < 4.78 is 27.0. The quantitative estimate of drug-likeness (QED) is 0.742. The van der Waals surface area contributed by atoms with E-state index < -0.39 is 17.6 Å². The number of H-pyrrole nitrogens is 1. The monoisotopic (exact) mass is 369 g/mol. The Morgan fingerprint density at radius 3 is 2.78 bits per heavy atom. The van der Waals surface area contributed by atoms with Gasteiger partial charge in [0, 0.05) is 30.2 Å². The molecule has 7 heteroatoms. The fourth-order valence-corrected chi connectivity index (χ4v) is 3.37. The number of halogens is 2. The topological polar surface area (TPSA) is 65.2 Å². The Kier molecular flexibility index (Phi) is 4.35. The summed E-state index contributed by atoms with van der Waals surface area (Å²) >= 11 is 0. The fourth-order valence-electron chi connectivity index (χ4n) is 3.37. The first-order valence-corrected chi connectivity index (χ1v) is 8.61. The minimum Gasteiger partial charge on any atom is -0.357 e. The van der Waals surface area contributed by atoms with Crippen molar-refractivity contribution in [1.29, 1.82) is 0 Å². The van der Waals surface area contributed by atoms with Crippen molar-refractivity contribution in [1.82, 2.24) is 10.3 Å². The van der Waals surface area contributed by atoms with Gasteiger partial charge in [0.15, 0.2) is 0 Å². The summed E-state index contributed by atoms with van der Waals surface area (Å²) in [6, 6.07) is 12.8. The molecule has 4 rings (SSSR count). The average Bonchev–Trinajstić information content (AvgIpc) is 3.23. The zero-order valence-electron chi connectivity index (χ0n) is 14.3. The number of nitrogens with one attached hydrogen (secondary N) is 2. The number of aromatic amines is 1. The SMILES string of the molecule is O=C(NCc1cc2ccccc2[nH]1)[C@H]1CC(=O)N(c2ccc(F)cc2F)C1. The number of hydrogen-bond donors (Lipinski definition) is 2. The second-order valence-electron chi connectivity index (χ2n) is 6.60. The van der Waals surface area contributed by atoms with Crippen molar-refractivity contribution in [3.63, 3.8) is 0 Å². The molecule has 0 saturated carbocycles. The molecule has 0 spiro atoms. The van der Waals surface area contributed by atoms with E-state index in [0.29, 0.717) is 6.54 Å². The molecular weight excluding hydrogens is 352 g/mol. The van der Waals surface area contributed by atoms with Gasteiger partial charge in [-0.3, -0.25) is 9.59 Å². The number of aromatic nitrogens is 1. The summed E-state index contributed by atoms with van der Waals surface area (Å²) in [6.45, 7) is 0.378. The van der Waals surface area contributed by atoms with Crippen molar-refractivity contribution in [2.75, 3.05) is 11.4 Å². The molecule has 0 unspecified atom stereocenters. The van der Waals surface area contributed by atoms with Crippen LogP contribution in [0.3, 0.4) is 0 Å². The number of fused-ring (bicyclic) bond motifs is 1. The summed E-state index contributed by atoms with van der Waals surface area (Å²) in [5, 5.41) is 3.87. The fraction of sp³-hybridized carbons (Fsp3) is 0.200. The van der Waals surface area contributed by atoms with E-state index in [1.54, 1.807) is 0 Å². The lowest BCUT2D eigenvalue weighted by atomic mass is 10.1. The third-order valence-corrected chi connectivity index (χ3v) is 4.74. The summed E-state index contributed by atoms with van der Waals surface area (Å²) in [6.07, 6.45) is -0.00461. The lowest BCUT2D eigenvalue weighted by Crippen LogP contribution is -2.32. The van der Waals surface area contributed by atoms with Gasteiger partial charge in [-0.2, -0.15) is 0 Å². The van der Waals surface area contributed by atoms with Crippen molar-refractivity contribution < 1.29 is 18.4 Å². The lowest BCUT2D eigenvalue weighted by molar-refractivity contribution is -0.126. The Balaban J connectivity index is 1.41. The number of carbonyl (C=O) groups excluding carboxylic acids is 2. The number of anilines is 1. The molecule has 138 valence electrons. The lowest BCUT2D eigenvalue weighted by Gasteiger charge is -2.17. The van der Waals surface area contributed by atoms with Crippen LogP contribution in [0.4, 0.5) is 14.5 Å². The number of amides is 2. The number of para-hydroxylation sites is 1. The Labute approximate surface area is 154 Å². The van der Waals surface area contributed by atoms with Crippen LogP contribution in [0.2, 0.25) is 0 Å². The van der Waals surface area contributed by atoms with Crippen molar-refractivity contribution in [3.8, 4) is 0 Å². The molecule has 1 atom stereocenters. The number of nitrogens with zero attached hydrogens (tertiary/aromatic N) is 1. The number of hydrogen-bond acceptors (Lipinski definition) is 2. The van der Waals surface area contributed by atoms with Crippen molar-refractivity contribution in [2.24, 2.45) is 5.92 Å². The highest BCUT2D eigenvalue weighted by atomic mass is 19.1. The molecule has 1 aliphatic rings.